The molecule has 7 heteroatoms. The van der Waals surface area contributed by atoms with Crippen LogP contribution in [0.2, 0.25) is 0 Å². The van der Waals surface area contributed by atoms with Crippen molar-refractivity contribution in [3.8, 4) is 22.5 Å². The summed E-state index contributed by atoms with van der Waals surface area (Å²) in [5.74, 6) is 0.189. The second-order valence-corrected chi connectivity index (χ2v) is 8.69. The summed E-state index contributed by atoms with van der Waals surface area (Å²) in [5.41, 5.74) is 5.80. The largest absolute Gasteiger partial charge is 0.376 e. The van der Waals surface area contributed by atoms with Crippen LogP contribution >= 0.6 is 11.8 Å². The first-order valence-corrected chi connectivity index (χ1v) is 11.5. The van der Waals surface area contributed by atoms with Crippen LogP contribution in [0.4, 0.5) is 0 Å². The Morgan fingerprint density at radius 2 is 1.65 bits per heavy atom. The molecule has 1 aliphatic rings. The first-order chi connectivity index (χ1) is 15.1. The minimum atomic E-state index is -0.0522. The molecule has 0 bridgehead atoms. The highest BCUT2D eigenvalue weighted by Gasteiger charge is 2.17. The molecule has 1 N–H and O–H groups in total. The highest BCUT2D eigenvalue weighted by Crippen LogP contribution is 2.30. The van der Waals surface area contributed by atoms with Gasteiger partial charge < -0.3 is 10.1 Å². The van der Waals surface area contributed by atoms with Crippen LogP contribution in [0.15, 0.2) is 53.7 Å². The Hall–Kier alpha value is -2.77. The van der Waals surface area contributed by atoms with E-state index in [0.29, 0.717) is 11.7 Å². The fourth-order valence-corrected chi connectivity index (χ4v) is 4.02. The number of carbonyl (C=O) groups excluding carboxylic acids is 1. The van der Waals surface area contributed by atoms with Gasteiger partial charge in [-0.2, -0.15) is 0 Å². The van der Waals surface area contributed by atoms with Gasteiger partial charge >= 0.3 is 0 Å². The molecule has 1 amide bonds. The number of amides is 1. The lowest BCUT2D eigenvalue weighted by molar-refractivity contribution is -0.119. The second kappa shape index (κ2) is 10.0. The Balaban J connectivity index is 1.52. The van der Waals surface area contributed by atoms with Crippen molar-refractivity contribution in [1.82, 2.24) is 20.5 Å². The van der Waals surface area contributed by atoms with Crippen molar-refractivity contribution in [2.24, 2.45) is 0 Å². The molecule has 3 aromatic rings. The maximum atomic E-state index is 12.2. The van der Waals surface area contributed by atoms with E-state index in [4.69, 9.17) is 9.72 Å². The van der Waals surface area contributed by atoms with Gasteiger partial charge in [0, 0.05) is 24.3 Å². The third kappa shape index (κ3) is 5.68. The summed E-state index contributed by atoms with van der Waals surface area (Å²) in [6.07, 6.45) is 2.19. The van der Waals surface area contributed by atoms with Crippen LogP contribution < -0.4 is 5.32 Å². The number of nitrogens with zero attached hydrogens (tertiary/aromatic N) is 3. The molecule has 0 aliphatic carbocycles. The maximum absolute atomic E-state index is 12.2. The van der Waals surface area contributed by atoms with Crippen molar-refractivity contribution in [2.45, 2.75) is 37.9 Å². The number of hydrogen-bond donors (Lipinski definition) is 1. The van der Waals surface area contributed by atoms with Gasteiger partial charge in [-0.05, 0) is 26.7 Å². The Labute approximate surface area is 186 Å². The molecule has 1 fully saturated rings. The molecule has 1 saturated heterocycles. The summed E-state index contributed by atoms with van der Waals surface area (Å²) in [4.78, 5) is 17.0. The number of hydrogen-bond acceptors (Lipinski definition) is 6. The van der Waals surface area contributed by atoms with E-state index in [1.165, 1.54) is 22.9 Å². The molecule has 31 heavy (non-hydrogen) atoms. The van der Waals surface area contributed by atoms with Gasteiger partial charge in [-0.15, -0.1) is 10.2 Å². The van der Waals surface area contributed by atoms with Gasteiger partial charge in [-0.1, -0.05) is 71.4 Å². The molecule has 0 radical (unpaired) electrons. The molecular weight excluding hydrogens is 408 g/mol. The van der Waals surface area contributed by atoms with Crippen molar-refractivity contribution >= 4 is 17.7 Å². The van der Waals surface area contributed by atoms with Crippen LogP contribution in [0.3, 0.4) is 0 Å². The summed E-state index contributed by atoms with van der Waals surface area (Å²) >= 11 is 1.29. The van der Waals surface area contributed by atoms with Crippen molar-refractivity contribution in [2.75, 3.05) is 18.9 Å². The van der Waals surface area contributed by atoms with Gasteiger partial charge in [-0.25, -0.2) is 4.98 Å². The Morgan fingerprint density at radius 3 is 2.26 bits per heavy atom. The molecule has 1 atom stereocenters. The molecule has 0 spiro atoms. The molecule has 4 rings (SSSR count). The number of rotatable bonds is 7. The third-order valence-corrected chi connectivity index (χ3v) is 6.04. The summed E-state index contributed by atoms with van der Waals surface area (Å²) in [6.45, 7) is 5.45. The van der Waals surface area contributed by atoms with Crippen LogP contribution in [-0.4, -0.2) is 46.1 Å². The average Bonchev–Trinajstić information content (AvgIpc) is 3.31. The molecule has 1 aliphatic heterocycles. The Bertz CT molecular complexity index is 1030. The molecule has 6 nitrogen and oxygen atoms in total. The molecule has 2 aromatic carbocycles. The van der Waals surface area contributed by atoms with E-state index in [0.717, 1.165) is 42.0 Å². The van der Waals surface area contributed by atoms with Crippen LogP contribution in [0.1, 0.15) is 24.0 Å². The van der Waals surface area contributed by atoms with Gasteiger partial charge in [-0.3, -0.25) is 4.79 Å². The molecule has 0 unspecified atom stereocenters. The topological polar surface area (TPSA) is 77.0 Å². The minimum absolute atomic E-state index is 0.0522. The number of benzene rings is 2. The quantitative estimate of drug-likeness (QED) is 0.562. The zero-order chi connectivity index (χ0) is 21.6. The van der Waals surface area contributed by atoms with Crippen LogP contribution in [0.5, 0.6) is 0 Å². The number of ether oxygens (including phenoxy) is 1. The molecular formula is C24H26N4O2S. The van der Waals surface area contributed by atoms with E-state index < -0.39 is 0 Å². The van der Waals surface area contributed by atoms with Crippen molar-refractivity contribution < 1.29 is 9.53 Å². The van der Waals surface area contributed by atoms with E-state index in [2.05, 4.69) is 53.6 Å². The lowest BCUT2D eigenvalue weighted by Gasteiger charge is -2.11. The lowest BCUT2D eigenvalue weighted by Crippen LogP contribution is -2.32. The van der Waals surface area contributed by atoms with E-state index in [1.807, 2.05) is 24.3 Å². The number of nitrogens with one attached hydrogen (secondary N) is 1. The normalized spacial score (nSPS) is 15.7. The van der Waals surface area contributed by atoms with Gasteiger partial charge in [0.05, 0.1) is 11.9 Å². The predicted octanol–water partition coefficient (Wildman–Crippen LogP) is 4.21. The van der Waals surface area contributed by atoms with E-state index in [-0.39, 0.29) is 17.8 Å². The lowest BCUT2D eigenvalue weighted by atomic mass is 10.0. The highest BCUT2D eigenvalue weighted by molar-refractivity contribution is 7.99. The highest BCUT2D eigenvalue weighted by atomic mass is 32.2. The van der Waals surface area contributed by atoms with Crippen molar-refractivity contribution in [1.29, 1.82) is 0 Å². The fraction of sp³-hybridized carbons (Fsp3) is 0.333. The van der Waals surface area contributed by atoms with Crippen molar-refractivity contribution in [3.05, 3.63) is 59.7 Å². The van der Waals surface area contributed by atoms with Crippen molar-refractivity contribution in [3.63, 3.8) is 0 Å². The van der Waals surface area contributed by atoms with E-state index in [1.54, 1.807) is 0 Å². The van der Waals surface area contributed by atoms with E-state index >= 15 is 0 Å². The number of aryl methyl sites for hydroxylation is 2. The first kappa shape index (κ1) is 21.5. The minimum Gasteiger partial charge on any atom is -0.376 e. The Morgan fingerprint density at radius 1 is 1.00 bits per heavy atom. The number of thioether (sulfide) groups is 1. The maximum Gasteiger partial charge on any atom is 0.230 e. The van der Waals surface area contributed by atoms with Gasteiger partial charge in [0.15, 0.2) is 0 Å². The molecule has 2 heterocycles. The standard InChI is InChI=1S/C24H26N4O2S/c1-16-5-9-18(10-6-16)22-23(19-11-7-17(2)8-12-19)27-28-24(26-22)31-15-21(29)25-14-20-4-3-13-30-20/h5-12,20H,3-4,13-15H2,1-2H3,(H,25,29)/t20-/m0/s1. The molecule has 1 aromatic heterocycles. The zero-order valence-corrected chi connectivity index (χ0v) is 18.6. The van der Waals surface area contributed by atoms with Crippen LogP contribution in [0, 0.1) is 13.8 Å². The van der Waals surface area contributed by atoms with E-state index in [9.17, 15) is 4.79 Å². The number of aromatic nitrogens is 3. The van der Waals surface area contributed by atoms with Gasteiger partial charge in [0.2, 0.25) is 11.1 Å². The predicted molar refractivity (Wildman–Crippen MR) is 123 cm³/mol. The summed E-state index contributed by atoms with van der Waals surface area (Å²) in [5, 5.41) is 12.2. The average molecular weight is 435 g/mol. The summed E-state index contributed by atoms with van der Waals surface area (Å²) < 4.78 is 5.55. The monoisotopic (exact) mass is 434 g/mol. The summed E-state index contributed by atoms with van der Waals surface area (Å²) in [7, 11) is 0. The zero-order valence-electron chi connectivity index (χ0n) is 17.8. The SMILES string of the molecule is Cc1ccc(-c2nnc(SCC(=O)NC[C@@H]3CCCO3)nc2-c2ccc(C)cc2)cc1. The first-order valence-electron chi connectivity index (χ1n) is 10.5. The third-order valence-electron chi connectivity index (χ3n) is 5.20. The van der Waals surface area contributed by atoms with Gasteiger partial charge in [0.1, 0.15) is 11.4 Å². The fourth-order valence-electron chi connectivity index (χ4n) is 3.40. The second-order valence-electron chi connectivity index (χ2n) is 7.75. The number of carbonyl (C=O) groups is 1. The molecule has 0 saturated carbocycles. The summed E-state index contributed by atoms with van der Waals surface area (Å²) in [6, 6.07) is 16.4. The Kier molecular flexibility index (Phi) is 6.94. The van der Waals surface area contributed by atoms with Gasteiger partial charge in [0.25, 0.3) is 0 Å². The van der Waals surface area contributed by atoms with Crippen LogP contribution in [0.25, 0.3) is 22.5 Å². The molecule has 160 valence electrons. The van der Waals surface area contributed by atoms with Crippen LogP contribution in [-0.2, 0) is 9.53 Å². The smallest absolute Gasteiger partial charge is 0.230 e.